The zero-order valence-electron chi connectivity index (χ0n) is 10.3. The maximum Gasteiger partial charge on any atom is 0.135 e. The Bertz CT molecular complexity index is 361. The van der Waals surface area contributed by atoms with E-state index in [2.05, 4.69) is 37.2 Å². The molecule has 0 aromatic heterocycles. The van der Waals surface area contributed by atoms with Crippen molar-refractivity contribution < 1.29 is 5.21 Å². The zero-order chi connectivity index (χ0) is 12.0. The summed E-state index contributed by atoms with van der Waals surface area (Å²) in [7, 11) is 1.87. The van der Waals surface area contributed by atoms with E-state index >= 15 is 0 Å². The highest BCUT2D eigenvalue weighted by atomic mass is 16.4. The Morgan fingerprint density at radius 2 is 2.19 bits per heavy atom. The van der Waals surface area contributed by atoms with Gasteiger partial charge < -0.3 is 10.1 Å². The molecule has 1 aromatic rings. The Kier molecular flexibility index (Phi) is 4.83. The van der Waals surface area contributed by atoms with Gasteiger partial charge in [0, 0.05) is 12.7 Å². The first kappa shape index (κ1) is 12.6. The number of hydrogen-bond donors (Lipinski definition) is 1. The van der Waals surface area contributed by atoms with E-state index in [1.807, 2.05) is 7.05 Å². The Labute approximate surface area is 97.4 Å². The first-order chi connectivity index (χ1) is 7.69. The fourth-order valence-electron chi connectivity index (χ4n) is 1.79. The SMILES string of the molecule is CCCCc1ccc(N(C)/C=N/O)c(C)c1. The van der Waals surface area contributed by atoms with Crippen LogP contribution in [0.25, 0.3) is 0 Å². The molecule has 0 atom stereocenters. The molecule has 0 fully saturated rings. The van der Waals surface area contributed by atoms with Crippen molar-refractivity contribution in [3.63, 3.8) is 0 Å². The molecule has 0 unspecified atom stereocenters. The Balaban J connectivity index is 2.82. The molecule has 3 heteroatoms. The lowest BCUT2D eigenvalue weighted by atomic mass is 10.0. The number of benzene rings is 1. The summed E-state index contributed by atoms with van der Waals surface area (Å²) in [6, 6.07) is 6.41. The lowest BCUT2D eigenvalue weighted by Crippen LogP contribution is -2.15. The van der Waals surface area contributed by atoms with E-state index in [1.54, 1.807) is 4.90 Å². The molecular weight excluding hydrogens is 200 g/mol. The second-order valence-electron chi connectivity index (χ2n) is 4.07. The van der Waals surface area contributed by atoms with Gasteiger partial charge in [-0.2, -0.15) is 0 Å². The molecule has 1 N–H and O–H groups in total. The van der Waals surface area contributed by atoms with E-state index < -0.39 is 0 Å². The average molecular weight is 220 g/mol. The quantitative estimate of drug-likeness (QED) is 0.358. The van der Waals surface area contributed by atoms with Crippen molar-refractivity contribution in [2.45, 2.75) is 33.1 Å². The first-order valence-corrected chi connectivity index (χ1v) is 5.69. The summed E-state index contributed by atoms with van der Waals surface area (Å²) in [6.07, 6.45) is 4.98. The molecule has 16 heavy (non-hydrogen) atoms. The molecule has 0 saturated carbocycles. The van der Waals surface area contributed by atoms with Crippen molar-refractivity contribution in [2.24, 2.45) is 5.16 Å². The fourth-order valence-corrected chi connectivity index (χ4v) is 1.79. The van der Waals surface area contributed by atoms with Crippen LogP contribution in [-0.4, -0.2) is 18.6 Å². The van der Waals surface area contributed by atoms with Crippen LogP contribution >= 0.6 is 0 Å². The molecule has 88 valence electrons. The summed E-state index contributed by atoms with van der Waals surface area (Å²) < 4.78 is 0. The minimum Gasteiger partial charge on any atom is -0.410 e. The highest BCUT2D eigenvalue weighted by Crippen LogP contribution is 2.20. The maximum atomic E-state index is 8.49. The van der Waals surface area contributed by atoms with Crippen molar-refractivity contribution in [2.75, 3.05) is 11.9 Å². The van der Waals surface area contributed by atoms with Gasteiger partial charge in [-0.25, -0.2) is 0 Å². The van der Waals surface area contributed by atoms with Gasteiger partial charge in [-0.3, -0.25) is 0 Å². The summed E-state index contributed by atoms with van der Waals surface area (Å²) in [5.41, 5.74) is 3.64. The smallest absolute Gasteiger partial charge is 0.135 e. The molecule has 0 bridgehead atoms. The van der Waals surface area contributed by atoms with E-state index in [0.717, 1.165) is 12.1 Å². The van der Waals surface area contributed by atoms with Crippen molar-refractivity contribution in [3.8, 4) is 0 Å². The van der Waals surface area contributed by atoms with Gasteiger partial charge in [-0.1, -0.05) is 30.6 Å². The van der Waals surface area contributed by atoms with Crippen molar-refractivity contribution in [1.29, 1.82) is 0 Å². The molecule has 0 heterocycles. The van der Waals surface area contributed by atoms with Crippen LogP contribution in [0.4, 0.5) is 5.69 Å². The predicted molar refractivity (Wildman–Crippen MR) is 68.5 cm³/mol. The predicted octanol–water partition coefficient (Wildman–Crippen LogP) is 3.19. The number of rotatable bonds is 5. The van der Waals surface area contributed by atoms with Crippen LogP contribution in [0.15, 0.2) is 23.4 Å². The normalized spacial score (nSPS) is 10.9. The van der Waals surface area contributed by atoms with Gasteiger partial charge in [0.15, 0.2) is 0 Å². The molecule has 3 nitrogen and oxygen atoms in total. The topological polar surface area (TPSA) is 35.8 Å². The number of anilines is 1. The van der Waals surface area contributed by atoms with Crippen LogP contribution in [-0.2, 0) is 6.42 Å². The van der Waals surface area contributed by atoms with E-state index in [0.29, 0.717) is 0 Å². The van der Waals surface area contributed by atoms with Gasteiger partial charge in [0.25, 0.3) is 0 Å². The second kappa shape index (κ2) is 6.16. The average Bonchev–Trinajstić information content (AvgIpc) is 2.26. The Morgan fingerprint density at radius 3 is 2.75 bits per heavy atom. The lowest BCUT2D eigenvalue weighted by molar-refractivity contribution is 0.321. The monoisotopic (exact) mass is 220 g/mol. The molecule has 0 radical (unpaired) electrons. The largest absolute Gasteiger partial charge is 0.410 e. The third-order valence-electron chi connectivity index (χ3n) is 2.69. The Hall–Kier alpha value is -1.51. The molecule has 0 amide bonds. The third kappa shape index (κ3) is 3.26. The van der Waals surface area contributed by atoms with Crippen LogP contribution in [0, 0.1) is 6.92 Å². The molecule has 0 saturated heterocycles. The van der Waals surface area contributed by atoms with Crippen LogP contribution in [0.5, 0.6) is 0 Å². The minimum atomic E-state index is 1.07. The molecule has 0 spiro atoms. The number of unbranched alkanes of at least 4 members (excludes halogenated alkanes) is 1. The van der Waals surface area contributed by atoms with Crippen molar-refractivity contribution >= 4 is 12.0 Å². The lowest BCUT2D eigenvalue weighted by Gasteiger charge is -2.16. The second-order valence-corrected chi connectivity index (χ2v) is 4.07. The summed E-state index contributed by atoms with van der Waals surface area (Å²) in [5, 5.41) is 11.5. The number of hydrogen-bond acceptors (Lipinski definition) is 2. The fraction of sp³-hybridized carbons (Fsp3) is 0.462. The summed E-state index contributed by atoms with van der Waals surface area (Å²) >= 11 is 0. The van der Waals surface area contributed by atoms with Crippen LogP contribution in [0.3, 0.4) is 0 Å². The summed E-state index contributed by atoms with van der Waals surface area (Å²) in [4.78, 5) is 1.80. The van der Waals surface area contributed by atoms with Gasteiger partial charge in [-0.05, 0) is 37.0 Å². The van der Waals surface area contributed by atoms with E-state index in [9.17, 15) is 0 Å². The van der Waals surface area contributed by atoms with Gasteiger partial charge in [0.05, 0.1) is 0 Å². The molecule has 0 aliphatic carbocycles. The molecular formula is C13H20N2O. The van der Waals surface area contributed by atoms with E-state index in [1.165, 1.54) is 30.3 Å². The van der Waals surface area contributed by atoms with Gasteiger partial charge in [-0.15, -0.1) is 0 Å². The third-order valence-corrected chi connectivity index (χ3v) is 2.69. The molecule has 1 rings (SSSR count). The highest BCUT2D eigenvalue weighted by Gasteiger charge is 2.03. The summed E-state index contributed by atoms with van der Waals surface area (Å²) in [5.74, 6) is 0. The minimum absolute atomic E-state index is 1.07. The molecule has 0 aliphatic rings. The number of nitrogens with zero attached hydrogens (tertiary/aromatic N) is 2. The number of aryl methyl sites for hydroxylation is 2. The van der Waals surface area contributed by atoms with E-state index in [-0.39, 0.29) is 0 Å². The van der Waals surface area contributed by atoms with E-state index in [4.69, 9.17) is 5.21 Å². The molecule has 0 aliphatic heterocycles. The van der Waals surface area contributed by atoms with Crippen LogP contribution in [0.2, 0.25) is 0 Å². The maximum absolute atomic E-state index is 8.49. The summed E-state index contributed by atoms with van der Waals surface area (Å²) in [6.45, 7) is 4.28. The van der Waals surface area contributed by atoms with Gasteiger partial charge in [0.2, 0.25) is 0 Å². The van der Waals surface area contributed by atoms with Crippen LogP contribution < -0.4 is 4.90 Å². The number of oxime groups is 1. The highest BCUT2D eigenvalue weighted by molar-refractivity contribution is 5.79. The standard InChI is InChI=1S/C13H20N2O/c1-4-5-6-12-7-8-13(11(2)9-12)15(3)10-14-16/h7-10,16H,4-6H2,1-3H3/b14-10+. The van der Waals surface area contributed by atoms with Crippen molar-refractivity contribution in [3.05, 3.63) is 29.3 Å². The first-order valence-electron chi connectivity index (χ1n) is 5.69. The van der Waals surface area contributed by atoms with Gasteiger partial charge in [0.1, 0.15) is 6.34 Å². The zero-order valence-corrected chi connectivity index (χ0v) is 10.3. The molecule has 1 aromatic carbocycles. The van der Waals surface area contributed by atoms with Crippen LogP contribution in [0.1, 0.15) is 30.9 Å². The Morgan fingerprint density at radius 1 is 1.44 bits per heavy atom. The van der Waals surface area contributed by atoms with Crippen molar-refractivity contribution in [1.82, 2.24) is 0 Å². The van der Waals surface area contributed by atoms with Gasteiger partial charge >= 0.3 is 0 Å².